The van der Waals surface area contributed by atoms with Gasteiger partial charge in [0.2, 0.25) is 0 Å². The van der Waals surface area contributed by atoms with Gasteiger partial charge in [0.05, 0.1) is 12.3 Å². The minimum absolute atomic E-state index is 0.1000. The smallest absolute Gasteiger partial charge is 0.0682 e. The third-order valence-electron chi connectivity index (χ3n) is 1.87. The lowest BCUT2D eigenvalue weighted by molar-refractivity contribution is 0.282. The van der Waals surface area contributed by atoms with Gasteiger partial charge in [-0.05, 0) is 17.2 Å². The predicted octanol–water partition coefficient (Wildman–Crippen LogP) is 1.44. The van der Waals surface area contributed by atoms with Crippen LogP contribution in [0.4, 0.5) is 5.69 Å². The van der Waals surface area contributed by atoms with Gasteiger partial charge >= 0.3 is 0 Å². The average molecular weight is 147 g/mol. The fraction of sp³-hybridized carbons (Fsp3) is 0.222. The number of fused-ring (bicyclic) bond motifs is 1. The molecule has 0 fully saturated rings. The predicted molar refractivity (Wildman–Crippen MR) is 44.2 cm³/mol. The van der Waals surface area contributed by atoms with Gasteiger partial charge in [-0.2, -0.15) is 0 Å². The van der Waals surface area contributed by atoms with Crippen LogP contribution in [0.3, 0.4) is 0 Å². The quantitative estimate of drug-likeness (QED) is 0.640. The monoisotopic (exact) mass is 147 g/mol. The topological polar surface area (TPSA) is 32.6 Å². The minimum Gasteiger partial charge on any atom is -0.392 e. The second-order valence-corrected chi connectivity index (χ2v) is 2.64. The standard InChI is InChI=1S/C9H9NO/c11-6-7-1-2-8-3-4-10-9(8)5-7/h1-2,4-5,11H,3,6H2. The molecule has 1 N–H and O–H groups in total. The van der Waals surface area contributed by atoms with E-state index < -0.39 is 0 Å². The number of hydrogen-bond acceptors (Lipinski definition) is 2. The van der Waals surface area contributed by atoms with Gasteiger partial charge in [-0.25, -0.2) is 0 Å². The van der Waals surface area contributed by atoms with Crippen LogP contribution in [0, 0.1) is 0 Å². The van der Waals surface area contributed by atoms with Crippen LogP contribution in [-0.4, -0.2) is 11.3 Å². The van der Waals surface area contributed by atoms with E-state index in [-0.39, 0.29) is 6.61 Å². The number of hydrogen-bond donors (Lipinski definition) is 1. The maximum atomic E-state index is 8.82. The fourth-order valence-corrected chi connectivity index (χ4v) is 1.24. The Labute approximate surface area is 65.2 Å². The Kier molecular flexibility index (Phi) is 1.47. The van der Waals surface area contributed by atoms with E-state index in [0.29, 0.717) is 0 Å². The van der Waals surface area contributed by atoms with Crippen LogP contribution >= 0.6 is 0 Å². The van der Waals surface area contributed by atoms with Crippen LogP contribution < -0.4 is 0 Å². The molecule has 0 spiro atoms. The summed E-state index contributed by atoms with van der Waals surface area (Å²) in [5, 5.41) is 8.82. The van der Waals surface area contributed by atoms with Gasteiger partial charge in [0.1, 0.15) is 0 Å². The molecule has 56 valence electrons. The molecule has 0 saturated heterocycles. The van der Waals surface area contributed by atoms with E-state index in [9.17, 15) is 0 Å². The first-order valence-electron chi connectivity index (χ1n) is 3.65. The summed E-state index contributed by atoms with van der Waals surface area (Å²) in [5.74, 6) is 0. The molecule has 0 bridgehead atoms. The third kappa shape index (κ3) is 1.05. The number of rotatable bonds is 1. The molecule has 1 aromatic carbocycles. The lowest BCUT2D eigenvalue weighted by Crippen LogP contribution is -1.83. The summed E-state index contributed by atoms with van der Waals surface area (Å²) in [6.45, 7) is 0.1000. The molecule has 1 aromatic rings. The SMILES string of the molecule is OCc1ccc2c(c1)N=CC2. The minimum atomic E-state index is 0.1000. The van der Waals surface area contributed by atoms with E-state index in [1.165, 1.54) is 5.56 Å². The number of benzene rings is 1. The molecule has 2 nitrogen and oxygen atoms in total. The van der Waals surface area contributed by atoms with Crippen molar-refractivity contribution in [3.63, 3.8) is 0 Å². The molecule has 0 amide bonds. The van der Waals surface area contributed by atoms with E-state index in [4.69, 9.17) is 5.11 Å². The highest BCUT2D eigenvalue weighted by Crippen LogP contribution is 2.24. The zero-order valence-corrected chi connectivity index (χ0v) is 6.12. The Hall–Kier alpha value is -1.15. The highest BCUT2D eigenvalue weighted by molar-refractivity contribution is 5.75. The molecule has 2 rings (SSSR count). The van der Waals surface area contributed by atoms with E-state index in [1.807, 2.05) is 24.4 Å². The maximum Gasteiger partial charge on any atom is 0.0682 e. The molecule has 1 aliphatic rings. The first-order valence-corrected chi connectivity index (χ1v) is 3.65. The Balaban J connectivity index is 2.47. The number of aliphatic hydroxyl groups is 1. The second-order valence-electron chi connectivity index (χ2n) is 2.64. The molecule has 0 aromatic heterocycles. The van der Waals surface area contributed by atoms with E-state index in [2.05, 4.69) is 4.99 Å². The molecule has 0 unspecified atom stereocenters. The Morgan fingerprint density at radius 2 is 2.36 bits per heavy atom. The maximum absolute atomic E-state index is 8.82. The number of nitrogens with zero attached hydrogens (tertiary/aromatic N) is 1. The van der Waals surface area contributed by atoms with Crippen LogP contribution in [0.1, 0.15) is 11.1 Å². The van der Waals surface area contributed by atoms with Gasteiger partial charge in [-0.15, -0.1) is 0 Å². The molecule has 0 atom stereocenters. The Morgan fingerprint density at radius 1 is 1.45 bits per heavy atom. The van der Waals surface area contributed by atoms with Crippen molar-refractivity contribution in [2.24, 2.45) is 4.99 Å². The van der Waals surface area contributed by atoms with Crippen molar-refractivity contribution in [1.82, 2.24) is 0 Å². The van der Waals surface area contributed by atoms with Gasteiger partial charge in [0.15, 0.2) is 0 Å². The summed E-state index contributed by atoms with van der Waals surface area (Å²) in [7, 11) is 0. The third-order valence-corrected chi connectivity index (χ3v) is 1.87. The number of aliphatic hydroxyl groups excluding tert-OH is 1. The van der Waals surface area contributed by atoms with Crippen molar-refractivity contribution < 1.29 is 5.11 Å². The van der Waals surface area contributed by atoms with Crippen molar-refractivity contribution in [2.75, 3.05) is 0 Å². The van der Waals surface area contributed by atoms with Crippen LogP contribution in [0.15, 0.2) is 23.2 Å². The zero-order chi connectivity index (χ0) is 7.68. The zero-order valence-electron chi connectivity index (χ0n) is 6.12. The van der Waals surface area contributed by atoms with E-state index in [1.54, 1.807) is 0 Å². The van der Waals surface area contributed by atoms with Gasteiger partial charge in [0.25, 0.3) is 0 Å². The fourth-order valence-electron chi connectivity index (χ4n) is 1.24. The average Bonchev–Trinajstić information content (AvgIpc) is 2.50. The van der Waals surface area contributed by atoms with Crippen molar-refractivity contribution in [3.8, 4) is 0 Å². The molecule has 0 aliphatic carbocycles. The van der Waals surface area contributed by atoms with Crippen molar-refractivity contribution in [3.05, 3.63) is 29.3 Å². The lowest BCUT2D eigenvalue weighted by atomic mass is 10.1. The molecular formula is C9H9NO. The van der Waals surface area contributed by atoms with Crippen molar-refractivity contribution in [2.45, 2.75) is 13.0 Å². The van der Waals surface area contributed by atoms with Crippen LogP contribution in [0.5, 0.6) is 0 Å². The van der Waals surface area contributed by atoms with E-state index >= 15 is 0 Å². The second kappa shape index (κ2) is 2.47. The number of aliphatic imine (C=N–C) groups is 1. The van der Waals surface area contributed by atoms with Gasteiger partial charge in [0, 0.05) is 12.6 Å². The molecule has 11 heavy (non-hydrogen) atoms. The normalized spacial score (nSPS) is 13.5. The molecular weight excluding hydrogens is 138 g/mol. The first-order chi connectivity index (χ1) is 5.40. The highest BCUT2D eigenvalue weighted by Gasteiger charge is 2.05. The Morgan fingerprint density at radius 3 is 3.18 bits per heavy atom. The van der Waals surface area contributed by atoms with Gasteiger partial charge in [-0.1, -0.05) is 12.1 Å². The molecule has 0 radical (unpaired) electrons. The highest BCUT2D eigenvalue weighted by atomic mass is 16.3. The largest absolute Gasteiger partial charge is 0.392 e. The summed E-state index contributed by atoms with van der Waals surface area (Å²) >= 11 is 0. The molecule has 1 heterocycles. The lowest BCUT2D eigenvalue weighted by Gasteiger charge is -1.98. The summed E-state index contributed by atoms with van der Waals surface area (Å²) in [6, 6.07) is 5.89. The molecule has 0 saturated carbocycles. The molecule has 1 aliphatic heterocycles. The summed E-state index contributed by atoms with van der Waals surface area (Å²) < 4.78 is 0. The van der Waals surface area contributed by atoms with Crippen molar-refractivity contribution in [1.29, 1.82) is 0 Å². The van der Waals surface area contributed by atoms with Gasteiger partial charge < -0.3 is 5.11 Å². The first kappa shape index (κ1) is 6.55. The summed E-state index contributed by atoms with van der Waals surface area (Å²) in [6.07, 6.45) is 2.83. The van der Waals surface area contributed by atoms with Crippen LogP contribution in [0.2, 0.25) is 0 Å². The Bertz CT molecular complexity index is 304. The van der Waals surface area contributed by atoms with Gasteiger partial charge in [-0.3, -0.25) is 4.99 Å². The van der Waals surface area contributed by atoms with E-state index in [0.717, 1.165) is 17.7 Å². The summed E-state index contributed by atoms with van der Waals surface area (Å²) in [5.41, 5.74) is 3.20. The van der Waals surface area contributed by atoms with Crippen molar-refractivity contribution >= 4 is 11.9 Å². The summed E-state index contributed by atoms with van der Waals surface area (Å²) in [4.78, 5) is 4.17. The van der Waals surface area contributed by atoms with Crippen LogP contribution in [-0.2, 0) is 13.0 Å². The van der Waals surface area contributed by atoms with Crippen LogP contribution in [0.25, 0.3) is 0 Å². The molecule has 2 heteroatoms.